The Morgan fingerprint density at radius 2 is 1.66 bits per heavy atom. The number of carbonyl (C=O) groups is 1. The number of amides is 1. The van der Waals surface area contributed by atoms with Gasteiger partial charge in [0.2, 0.25) is 11.9 Å². The molecule has 0 aliphatic heterocycles. The van der Waals surface area contributed by atoms with Crippen LogP contribution in [0.3, 0.4) is 0 Å². The van der Waals surface area contributed by atoms with Gasteiger partial charge in [0.1, 0.15) is 5.82 Å². The lowest BCUT2D eigenvalue weighted by Crippen LogP contribution is -2.32. The molecule has 0 bridgehead atoms. The van der Waals surface area contributed by atoms with E-state index in [4.69, 9.17) is 4.98 Å². The van der Waals surface area contributed by atoms with E-state index in [0.717, 1.165) is 29.4 Å². The van der Waals surface area contributed by atoms with Gasteiger partial charge in [-0.25, -0.2) is 4.98 Å². The van der Waals surface area contributed by atoms with Crippen LogP contribution in [0.5, 0.6) is 0 Å². The highest BCUT2D eigenvalue weighted by atomic mass is 16.1. The summed E-state index contributed by atoms with van der Waals surface area (Å²) < 4.78 is 0. The molecule has 1 aromatic heterocycles. The van der Waals surface area contributed by atoms with Gasteiger partial charge in [-0.3, -0.25) is 4.79 Å². The smallest absolute Gasteiger partial charge is 0.228 e. The zero-order chi connectivity index (χ0) is 20.8. The number of rotatable bonds is 7. The lowest BCUT2D eigenvalue weighted by Gasteiger charge is -2.27. The van der Waals surface area contributed by atoms with Gasteiger partial charge in [0.05, 0.1) is 0 Å². The average molecular weight is 390 g/mol. The molecule has 0 atom stereocenters. The van der Waals surface area contributed by atoms with Crippen molar-refractivity contribution in [3.63, 3.8) is 0 Å². The van der Waals surface area contributed by atoms with Crippen LogP contribution in [0.1, 0.15) is 32.0 Å². The summed E-state index contributed by atoms with van der Waals surface area (Å²) in [6, 6.07) is 20.0. The molecule has 0 aliphatic rings. The molecule has 1 amide bonds. The molecule has 6 heteroatoms. The van der Waals surface area contributed by atoms with Gasteiger partial charge in [-0.1, -0.05) is 30.3 Å². The largest absolute Gasteiger partial charge is 0.340 e. The van der Waals surface area contributed by atoms with Crippen molar-refractivity contribution in [1.82, 2.24) is 9.97 Å². The molecule has 0 aliphatic carbocycles. The third-order valence-corrected chi connectivity index (χ3v) is 4.40. The van der Waals surface area contributed by atoms with Gasteiger partial charge in [0.25, 0.3) is 0 Å². The molecule has 150 valence electrons. The molecule has 6 nitrogen and oxygen atoms in total. The van der Waals surface area contributed by atoms with Crippen LogP contribution in [0.25, 0.3) is 0 Å². The summed E-state index contributed by atoms with van der Waals surface area (Å²) in [4.78, 5) is 22.8. The van der Waals surface area contributed by atoms with Gasteiger partial charge < -0.3 is 15.5 Å². The lowest BCUT2D eigenvalue weighted by atomic mass is 10.2. The maximum absolute atomic E-state index is 11.2. The third kappa shape index (κ3) is 5.78. The van der Waals surface area contributed by atoms with Gasteiger partial charge in [0, 0.05) is 42.6 Å². The third-order valence-electron chi connectivity index (χ3n) is 4.40. The first-order valence-electron chi connectivity index (χ1n) is 9.71. The molecule has 0 radical (unpaired) electrons. The van der Waals surface area contributed by atoms with Crippen LogP contribution in [0.15, 0.2) is 60.7 Å². The molecule has 3 aromatic rings. The Labute approximate surface area is 172 Å². The van der Waals surface area contributed by atoms with E-state index in [1.54, 1.807) is 0 Å². The van der Waals surface area contributed by atoms with Gasteiger partial charge in [-0.15, -0.1) is 0 Å². The molecule has 0 saturated carbocycles. The van der Waals surface area contributed by atoms with E-state index >= 15 is 0 Å². The molecular formula is C23H27N5O. The normalized spacial score (nSPS) is 10.7. The molecule has 0 fully saturated rings. The van der Waals surface area contributed by atoms with Crippen molar-refractivity contribution in [2.45, 2.75) is 40.3 Å². The fraction of sp³-hybridized carbons (Fsp3) is 0.261. The van der Waals surface area contributed by atoms with Crippen LogP contribution < -0.4 is 15.5 Å². The predicted molar refractivity (Wildman–Crippen MR) is 119 cm³/mol. The monoisotopic (exact) mass is 389 g/mol. The lowest BCUT2D eigenvalue weighted by molar-refractivity contribution is -0.114. The molecule has 2 N–H and O–H groups in total. The second-order valence-corrected chi connectivity index (χ2v) is 7.29. The van der Waals surface area contributed by atoms with Crippen LogP contribution in [-0.4, -0.2) is 21.9 Å². The van der Waals surface area contributed by atoms with Gasteiger partial charge in [-0.2, -0.15) is 4.98 Å². The van der Waals surface area contributed by atoms with E-state index in [-0.39, 0.29) is 11.9 Å². The van der Waals surface area contributed by atoms with Crippen molar-refractivity contribution in [3.8, 4) is 0 Å². The number of carbonyl (C=O) groups excluding carboxylic acids is 1. The number of hydrogen-bond donors (Lipinski definition) is 2. The zero-order valence-corrected chi connectivity index (χ0v) is 17.3. The second kappa shape index (κ2) is 9.19. The molecular weight excluding hydrogens is 362 g/mol. The zero-order valence-electron chi connectivity index (χ0n) is 17.3. The summed E-state index contributed by atoms with van der Waals surface area (Å²) in [5, 5.41) is 6.10. The van der Waals surface area contributed by atoms with Crippen molar-refractivity contribution in [1.29, 1.82) is 0 Å². The molecule has 2 aromatic carbocycles. The summed E-state index contributed by atoms with van der Waals surface area (Å²) in [6.07, 6.45) is 0. The summed E-state index contributed by atoms with van der Waals surface area (Å²) >= 11 is 0. The van der Waals surface area contributed by atoms with Crippen molar-refractivity contribution in [3.05, 3.63) is 71.9 Å². The minimum Gasteiger partial charge on any atom is -0.340 e. The topological polar surface area (TPSA) is 70.2 Å². The summed E-state index contributed by atoms with van der Waals surface area (Å²) in [7, 11) is 0. The van der Waals surface area contributed by atoms with Crippen molar-refractivity contribution in [2.24, 2.45) is 0 Å². The van der Waals surface area contributed by atoms with E-state index in [1.807, 2.05) is 55.5 Å². The van der Waals surface area contributed by atoms with E-state index in [0.29, 0.717) is 5.95 Å². The summed E-state index contributed by atoms with van der Waals surface area (Å²) in [5.41, 5.74) is 3.76. The van der Waals surface area contributed by atoms with E-state index in [2.05, 4.69) is 46.5 Å². The Bertz CT molecular complexity index is 955. The fourth-order valence-electron chi connectivity index (χ4n) is 3.00. The standard InChI is InChI=1S/C23H27N5O/c1-16(2)28(15-19-8-6-5-7-9-19)23-24-17(3)14-22(27-23)26-21-12-10-20(11-13-21)25-18(4)29/h5-14,16H,15H2,1-4H3,(H,25,29)(H,24,26,27). The van der Waals surface area contributed by atoms with Crippen LogP contribution in [0.2, 0.25) is 0 Å². The van der Waals surface area contributed by atoms with E-state index in [1.165, 1.54) is 12.5 Å². The van der Waals surface area contributed by atoms with Gasteiger partial charge >= 0.3 is 0 Å². The van der Waals surface area contributed by atoms with Crippen LogP contribution >= 0.6 is 0 Å². The van der Waals surface area contributed by atoms with Crippen LogP contribution in [0.4, 0.5) is 23.1 Å². The minimum atomic E-state index is -0.0889. The van der Waals surface area contributed by atoms with Crippen LogP contribution in [-0.2, 0) is 11.3 Å². The Morgan fingerprint density at radius 3 is 2.28 bits per heavy atom. The van der Waals surface area contributed by atoms with Crippen molar-refractivity contribution < 1.29 is 4.79 Å². The molecule has 3 rings (SSSR count). The average Bonchev–Trinajstić information content (AvgIpc) is 2.67. The van der Waals surface area contributed by atoms with E-state index < -0.39 is 0 Å². The maximum Gasteiger partial charge on any atom is 0.228 e. The summed E-state index contributed by atoms with van der Waals surface area (Å²) in [6.45, 7) is 8.49. The fourth-order valence-corrected chi connectivity index (χ4v) is 3.00. The first kappa shape index (κ1) is 20.3. The highest BCUT2D eigenvalue weighted by molar-refractivity contribution is 5.88. The molecule has 1 heterocycles. The number of benzene rings is 2. The SMILES string of the molecule is CC(=O)Nc1ccc(Nc2cc(C)nc(N(Cc3ccccc3)C(C)C)n2)cc1. The Balaban J connectivity index is 1.81. The maximum atomic E-state index is 11.2. The van der Waals surface area contributed by atoms with Crippen molar-refractivity contribution >= 4 is 29.0 Å². The van der Waals surface area contributed by atoms with E-state index in [9.17, 15) is 4.79 Å². The Kier molecular flexibility index (Phi) is 6.44. The van der Waals surface area contributed by atoms with Gasteiger partial charge in [0.15, 0.2) is 0 Å². The summed E-state index contributed by atoms with van der Waals surface area (Å²) in [5.74, 6) is 1.34. The Hall–Kier alpha value is -3.41. The minimum absolute atomic E-state index is 0.0889. The molecule has 0 unspecified atom stereocenters. The first-order valence-corrected chi connectivity index (χ1v) is 9.71. The number of nitrogens with zero attached hydrogens (tertiary/aromatic N) is 3. The van der Waals surface area contributed by atoms with Crippen molar-refractivity contribution in [2.75, 3.05) is 15.5 Å². The first-order chi connectivity index (χ1) is 13.9. The van der Waals surface area contributed by atoms with Crippen LogP contribution in [0, 0.1) is 6.92 Å². The number of aryl methyl sites for hydroxylation is 1. The molecule has 0 saturated heterocycles. The highest BCUT2D eigenvalue weighted by Crippen LogP contribution is 2.22. The number of nitrogens with one attached hydrogen (secondary N) is 2. The Morgan fingerprint density at radius 1 is 1.00 bits per heavy atom. The number of aromatic nitrogens is 2. The predicted octanol–water partition coefficient (Wildman–Crippen LogP) is 4.90. The molecule has 0 spiro atoms. The van der Waals surface area contributed by atoms with Gasteiger partial charge in [-0.05, 0) is 50.6 Å². The quantitative estimate of drug-likeness (QED) is 0.601. The highest BCUT2D eigenvalue weighted by Gasteiger charge is 2.15. The molecule has 29 heavy (non-hydrogen) atoms. The number of anilines is 4. The number of hydrogen-bond acceptors (Lipinski definition) is 5. The second-order valence-electron chi connectivity index (χ2n) is 7.29.